The van der Waals surface area contributed by atoms with Crippen LogP contribution in [0.5, 0.6) is 5.75 Å². The van der Waals surface area contributed by atoms with Gasteiger partial charge in [-0.25, -0.2) is 9.37 Å². The van der Waals surface area contributed by atoms with Crippen LogP contribution in [0.25, 0.3) is 11.3 Å². The number of anilines is 2. The molecule has 0 spiro atoms. The smallest absolute Gasteiger partial charge is 0.406 e. The third-order valence-electron chi connectivity index (χ3n) is 5.57. The van der Waals surface area contributed by atoms with Crippen LogP contribution >= 0.6 is 0 Å². The molecule has 0 saturated carbocycles. The maximum atomic E-state index is 13.5. The number of nitrogens with one attached hydrogen (secondary N) is 1. The molecule has 0 amide bonds. The van der Waals surface area contributed by atoms with Crippen LogP contribution in [-0.2, 0) is 13.1 Å². The summed E-state index contributed by atoms with van der Waals surface area (Å²) in [6.07, 6.45) is -4.76. The zero-order valence-corrected chi connectivity index (χ0v) is 18.8. The number of alkyl halides is 3. The van der Waals surface area contributed by atoms with Crippen LogP contribution in [0.4, 0.5) is 29.1 Å². The van der Waals surface area contributed by atoms with Crippen molar-refractivity contribution in [3.05, 3.63) is 72.4 Å². The fourth-order valence-electron chi connectivity index (χ4n) is 3.78. The summed E-state index contributed by atoms with van der Waals surface area (Å²) >= 11 is 0. The number of ether oxygens (including phenoxy) is 1. The number of benzene rings is 2. The van der Waals surface area contributed by atoms with Crippen molar-refractivity contribution in [3.8, 4) is 17.0 Å². The lowest BCUT2D eigenvalue weighted by Crippen LogP contribution is -2.45. The Bertz CT molecular complexity index is 1180. The van der Waals surface area contributed by atoms with E-state index in [2.05, 4.69) is 21.5 Å². The second-order valence-corrected chi connectivity index (χ2v) is 8.67. The molecule has 0 saturated heterocycles. The molecule has 3 N–H and O–H groups in total. The van der Waals surface area contributed by atoms with Crippen LogP contribution in [0.2, 0.25) is 0 Å². The summed E-state index contributed by atoms with van der Waals surface area (Å²) in [6.45, 7) is 9.62. The minimum atomic E-state index is -4.76. The number of hydrogen-bond acceptors (Lipinski definition) is 5. The fraction of sp³-hybridized carbons (Fsp3) is 0.292. The third-order valence-corrected chi connectivity index (χ3v) is 5.57. The van der Waals surface area contributed by atoms with Gasteiger partial charge < -0.3 is 25.3 Å². The Morgan fingerprint density at radius 1 is 1.06 bits per heavy atom. The Kier molecular flexibility index (Phi) is 6.03. The van der Waals surface area contributed by atoms with E-state index in [0.29, 0.717) is 42.4 Å². The van der Waals surface area contributed by atoms with Crippen molar-refractivity contribution in [3.63, 3.8) is 0 Å². The molecule has 2 heterocycles. The first kappa shape index (κ1) is 23.6. The van der Waals surface area contributed by atoms with Crippen LogP contribution in [-0.4, -0.2) is 32.9 Å². The van der Waals surface area contributed by atoms with Gasteiger partial charge in [0.05, 0.1) is 6.54 Å². The average Bonchev–Trinajstić information content (AvgIpc) is 3.11. The van der Waals surface area contributed by atoms with Crippen molar-refractivity contribution < 1.29 is 22.3 Å². The Hall–Kier alpha value is -3.53. The van der Waals surface area contributed by atoms with Gasteiger partial charge in [0.2, 0.25) is 0 Å². The number of nitrogens with two attached hydrogens (primary N) is 1. The molecule has 10 heteroatoms. The van der Waals surface area contributed by atoms with Gasteiger partial charge in [-0.1, -0.05) is 6.58 Å². The lowest BCUT2D eigenvalue weighted by Gasteiger charge is -2.37. The SMILES string of the molecule is C=C(N1CCn2c(nc(-c3ccc(F)cc3)c2Nc2ccc(OC(F)(F)F)cc2)C1)C(C)(C)N. The van der Waals surface area contributed by atoms with E-state index in [1.807, 2.05) is 18.4 Å². The Balaban J connectivity index is 1.68. The topological polar surface area (TPSA) is 68.3 Å². The summed E-state index contributed by atoms with van der Waals surface area (Å²) in [6, 6.07) is 11.4. The molecule has 0 unspecified atom stereocenters. The van der Waals surface area contributed by atoms with Crippen molar-refractivity contribution in [2.75, 3.05) is 11.9 Å². The number of imidazole rings is 1. The molecule has 0 radical (unpaired) electrons. The number of aromatic nitrogens is 2. The first-order valence-electron chi connectivity index (χ1n) is 10.6. The van der Waals surface area contributed by atoms with Crippen molar-refractivity contribution in [2.45, 2.75) is 38.8 Å². The molecular weight excluding hydrogens is 450 g/mol. The number of rotatable bonds is 6. The lowest BCUT2D eigenvalue weighted by molar-refractivity contribution is -0.274. The van der Waals surface area contributed by atoms with Gasteiger partial charge in [-0.2, -0.15) is 0 Å². The minimum absolute atomic E-state index is 0.314. The molecule has 34 heavy (non-hydrogen) atoms. The van der Waals surface area contributed by atoms with Crippen LogP contribution < -0.4 is 15.8 Å². The van der Waals surface area contributed by atoms with E-state index in [1.165, 1.54) is 36.4 Å². The van der Waals surface area contributed by atoms with Crippen molar-refractivity contribution >= 4 is 11.5 Å². The Morgan fingerprint density at radius 2 is 1.71 bits per heavy atom. The number of nitrogens with zero attached hydrogens (tertiary/aromatic N) is 3. The van der Waals surface area contributed by atoms with Crippen LogP contribution in [0, 0.1) is 5.82 Å². The quantitative estimate of drug-likeness (QED) is 0.468. The standard InChI is InChI=1S/C24H25F4N5O/c1-15(23(2,3)29)32-12-13-33-20(14-32)31-21(16-4-6-17(25)7-5-16)22(33)30-18-8-10-19(11-9-18)34-24(26,27)28/h4-11,30H,1,12-14,29H2,2-3H3. The van der Waals surface area contributed by atoms with Crippen molar-refractivity contribution in [2.24, 2.45) is 5.73 Å². The normalized spacial score (nSPS) is 14.0. The van der Waals surface area contributed by atoms with Gasteiger partial charge in [0.15, 0.2) is 0 Å². The Morgan fingerprint density at radius 3 is 2.29 bits per heavy atom. The van der Waals surface area contributed by atoms with Crippen LogP contribution in [0.15, 0.2) is 60.8 Å². The fourth-order valence-corrected chi connectivity index (χ4v) is 3.78. The second kappa shape index (κ2) is 8.68. The summed E-state index contributed by atoms with van der Waals surface area (Å²) in [4.78, 5) is 6.88. The molecule has 2 aromatic carbocycles. The van der Waals surface area contributed by atoms with Gasteiger partial charge in [-0.15, -0.1) is 13.2 Å². The molecule has 4 rings (SSSR count). The molecule has 1 aromatic heterocycles. The van der Waals surface area contributed by atoms with E-state index in [0.717, 1.165) is 11.5 Å². The van der Waals surface area contributed by atoms with Crippen molar-refractivity contribution in [1.82, 2.24) is 14.5 Å². The zero-order valence-electron chi connectivity index (χ0n) is 18.8. The minimum Gasteiger partial charge on any atom is -0.406 e. The molecule has 0 fully saturated rings. The molecule has 0 bridgehead atoms. The van der Waals surface area contributed by atoms with E-state index >= 15 is 0 Å². The van der Waals surface area contributed by atoms with Gasteiger partial charge in [0, 0.05) is 35.6 Å². The maximum Gasteiger partial charge on any atom is 0.573 e. The summed E-state index contributed by atoms with van der Waals surface area (Å²) in [5.74, 6) is 0.736. The van der Waals surface area contributed by atoms with E-state index in [1.54, 1.807) is 12.1 Å². The van der Waals surface area contributed by atoms with E-state index in [-0.39, 0.29) is 11.6 Å². The second-order valence-electron chi connectivity index (χ2n) is 8.67. The highest BCUT2D eigenvalue weighted by atomic mass is 19.4. The van der Waals surface area contributed by atoms with Gasteiger partial charge in [-0.3, -0.25) is 0 Å². The molecule has 0 atom stereocenters. The van der Waals surface area contributed by atoms with Gasteiger partial charge in [-0.05, 0) is 62.4 Å². The van der Waals surface area contributed by atoms with Crippen molar-refractivity contribution in [1.29, 1.82) is 0 Å². The first-order chi connectivity index (χ1) is 15.9. The summed E-state index contributed by atoms with van der Waals surface area (Å²) < 4.78 is 56.9. The molecule has 0 aliphatic carbocycles. The monoisotopic (exact) mass is 475 g/mol. The van der Waals surface area contributed by atoms with E-state index in [9.17, 15) is 17.6 Å². The molecule has 1 aliphatic heterocycles. The third kappa shape index (κ3) is 5.17. The maximum absolute atomic E-state index is 13.5. The molecule has 1 aliphatic rings. The highest BCUT2D eigenvalue weighted by molar-refractivity contribution is 5.76. The zero-order chi connectivity index (χ0) is 24.7. The summed E-state index contributed by atoms with van der Waals surface area (Å²) in [7, 11) is 0. The van der Waals surface area contributed by atoms with E-state index in [4.69, 9.17) is 10.7 Å². The predicted octanol–water partition coefficient (Wildman–Crippen LogP) is 5.40. The molecule has 180 valence electrons. The van der Waals surface area contributed by atoms with Crippen LogP contribution in [0.3, 0.4) is 0 Å². The van der Waals surface area contributed by atoms with Gasteiger partial charge in [0.25, 0.3) is 0 Å². The van der Waals surface area contributed by atoms with Gasteiger partial charge in [0.1, 0.15) is 28.9 Å². The Labute approximate surface area is 194 Å². The predicted molar refractivity (Wildman–Crippen MR) is 122 cm³/mol. The molecule has 3 aromatic rings. The molecular formula is C24H25F4N5O. The number of hydrogen-bond donors (Lipinski definition) is 2. The van der Waals surface area contributed by atoms with Gasteiger partial charge >= 0.3 is 6.36 Å². The summed E-state index contributed by atoms with van der Waals surface area (Å²) in [5.41, 5.74) is 8.28. The van der Waals surface area contributed by atoms with Crippen LogP contribution in [0.1, 0.15) is 19.7 Å². The first-order valence-corrected chi connectivity index (χ1v) is 10.6. The average molecular weight is 475 g/mol. The summed E-state index contributed by atoms with van der Waals surface area (Å²) in [5, 5.41) is 3.26. The number of halogens is 4. The number of fused-ring (bicyclic) bond motifs is 1. The largest absolute Gasteiger partial charge is 0.573 e. The molecule has 6 nitrogen and oxygen atoms in total. The lowest BCUT2D eigenvalue weighted by atomic mass is 10.0. The van der Waals surface area contributed by atoms with E-state index < -0.39 is 11.9 Å². The highest BCUT2D eigenvalue weighted by Gasteiger charge is 2.31. The highest BCUT2D eigenvalue weighted by Crippen LogP contribution is 2.35.